The number of rotatable bonds is 5. The molecule has 0 bridgehead atoms. The van der Waals surface area contributed by atoms with Crippen molar-refractivity contribution in [2.24, 2.45) is 0 Å². The summed E-state index contributed by atoms with van der Waals surface area (Å²) in [4.78, 5) is 20.5. The number of nitrogens with zero attached hydrogens (tertiary/aromatic N) is 3. The lowest BCUT2D eigenvalue weighted by atomic mass is 10.1. The molecule has 0 aromatic carbocycles. The zero-order valence-corrected chi connectivity index (χ0v) is 13.6. The van der Waals surface area contributed by atoms with Gasteiger partial charge in [0, 0.05) is 19.0 Å². The van der Waals surface area contributed by atoms with Crippen LogP contribution in [0.2, 0.25) is 0 Å². The van der Waals surface area contributed by atoms with Gasteiger partial charge in [-0.15, -0.1) is 0 Å². The van der Waals surface area contributed by atoms with Crippen molar-refractivity contribution < 1.29 is 14.3 Å². The highest BCUT2D eigenvalue weighted by Gasteiger charge is 2.28. The van der Waals surface area contributed by atoms with Gasteiger partial charge in [0.05, 0.1) is 36.6 Å². The van der Waals surface area contributed by atoms with Gasteiger partial charge in [0.15, 0.2) is 0 Å². The molecule has 0 spiro atoms. The van der Waals surface area contributed by atoms with Gasteiger partial charge in [-0.1, -0.05) is 6.07 Å². The Morgan fingerprint density at radius 1 is 1.36 bits per heavy atom. The minimum Gasteiger partial charge on any atom is -0.379 e. The van der Waals surface area contributed by atoms with E-state index in [0.717, 1.165) is 5.69 Å². The first-order valence-corrected chi connectivity index (χ1v) is 8.02. The molecule has 0 unspecified atom stereocenters. The van der Waals surface area contributed by atoms with Crippen molar-refractivity contribution in [2.75, 3.05) is 13.2 Å². The van der Waals surface area contributed by atoms with Crippen molar-refractivity contribution >= 4 is 5.91 Å². The summed E-state index contributed by atoms with van der Waals surface area (Å²) < 4.78 is 11.4. The first-order valence-electron chi connectivity index (χ1n) is 8.02. The van der Waals surface area contributed by atoms with Gasteiger partial charge in [-0.3, -0.25) is 9.78 Å². The number of ether oxygens (including phenoxy) is 2. The number of aromatic nitrogens is 2. The molecular formula is C18H18N4O3. The van der Waals surface area contributed by atoms with E-state index < -0.39 is 0 Å². The molecule has 0 aliphatic carbocycles. The number of carbonyl (C=O) groups is 1. The fourth-order valence-electron chi connectivity index (χ4n) is 2.57. The molecule has 3 rings (SSSR count). The van der Waals surface area contributed by atoms with E-state index in [1.54, 1.807) is 12.3 Å². The van der Waals surface area contributed by atoms with Crippen molar-refractivity contribution in [3.8, 4) is 6.07 Å². The highest BCUT2D eigenvalue weighted by Crippen LogP contribution is 2.14. The third kappa shape index (κ3) is 4.59. The SMILES string of the molecule is N#Cc1ccc(C(=O)N[C@@H]2COCC[C@H]2OCc2ccccn2)cn1. The van der Waals surface area contributed by atoms with E-state index in [2.05, 4.69) is 15.3 Å². The van der Waals surface area contributed by atoms with Crippen molar-refractivity contribution in [3.05, 3.63) is 59.7 Å². The van der Waals surface area contributed by atoms with Crippen LogP contribution in [0.1, 0.15) is 28.2 Å². The van der Waals surface area contributed by atoms with Crippen LogP contribution in [0.25, 0.3) is 0 Å². The van der Waals surface area contributed by atoms with Crippen molar-refractivity contribution in [1.29, 1.82) is 5.26 Å². The molecule has 7 nitrogen and oxygen atoms in total. The average molecular weight is 338 g/mol. The van der Waals surface area contributed by atoms with Crippen LogP contribution in [-0.4, -0.2) is 41.2 Å². The maximum absolute atomic E-state index is 12.4. The van der Waals surface area contributed by atoms with Crippen LogP contribution >= 0.6 is 0 Å². The second-order valence-corrected chi connectivity index (χ2v) is 5.66. The quantitative estimate of drug-likeness (QED) is 0.886. The summed E-state index contributed by atoms with van der Waals surface area (Å²) in [6.07, 6.45) is 3.66. The van der Waals surface area contributed by atoms with E-state index >= 15 is 0 Å². The maximum Gasteiger partial charge on any atom is 0.253 e. The number of hydrogen-bond acceptors (Lipinski definition) is 6. The Kier molecular flexibility index (Phi) is 5.67. The Morgan fingerprint density at radius 3 is 3.00 bits per heavy atom. The molecule has 25 heavy (non-hydrogen) atoms. The Labute approximate surface area is 145 Å². The summed E-state index contributed by atoms with van der Waals surface area (Å²) in [5, 5.41) is 11.7. The first-order chi connectivity index (χ1) is 12.3. The number of carbonyl (C=O) groups excluding carboxylic acids is 1. The van der Waals surface area contributed by atoms with Crippen LogP contribution < -0.4 is 5.32 Å². The Balaban J connectivity index is 1.60. The van der Waals surface area contributed by atoms with Gasteiger partial charge in [-0.2, -0.15) is 5.26 Å². The molecule has 3 heterocycles. The smallest absolute Gasteiger partial charge is 0.253 e. The van der Waals surface area contributed by atoms with Crippen molar-refractivity contribution in [2.45, 2.75) is 25.2 Å². The van der Waals surface area contributed by atoms with E-state index in [1.165, 1.54) is 12.3 Å². The first kappa shape index (κ1) is 17.0. The van der Waals surface area contributed by atoms with E-state index in [9.17, 15) is 4.79 Å². The molecule has 1 saturated heterocycles. The van der Waals surface area contributed by atoms with E-state index in [-0.39, 0.29) is 23.7 Å². The minimum atomic E-state index is -0.265. The average Bonchev–Trinajstić information content (AvgIpc) is 2.68. The summed E-state index contributed by atoms with van der Waals surface area (Å²) in [5.74, 6) is -0.265. The number of pyridine rings is 2. The van der Waals surface area contributed by atoms with Gasteiger partial charge < -0.3 is 14.8 Å². The largest absolute Gasteiger partial charge is 0.379 e. The minimum absolute atomic E-state index is 0.147. The van der Waals surface area contributed by atoms with Crippen LogP contribution in [0.4, 0.5) is 0 Å². The molecule has 1 aliphatic rings. The zero-order valence-electron chi connectivity index (χ0n) is 13.6. The predicted octanol–water partition coefficient (Wildman–Crippen LogP) is 1.45. The van der Waals surface area contributed by atoms with Gasteiger partial charge in [0.1, 0.15) is 11.8 Å². The molecule has 2 aromatic rings. The Bertz CT molecular complexity index is 743. The summed E-state index contributed by atoms with van der Waals surface area (Å²) >= 11 is 0. The van der Waals surface area contributed by atoms with Crippen LogP contribution in [-0.2, 0) is 16.1 Å². The van der Waals surface area contributed by atoms with E-state index in [4.69, 9.17) is 14.7 Å². The van der Waals surface area contributed by atoms with Gasteiger partial charge in [0.25, 0.3) is 5.91 Å². The highest BCUT2D eigenvalue weighted by atomic mass is 16.5. The molecular weight excluding hydrogens is 320 g/mol. The van der Waals surface area contributed by atoms with Crippen molar-refractivity contribution in [1.82, 2.24) is 15.3 Å². The van der Waals surface area contributed by atoms with E-state index in [1.807, 2.05) is 24.3 Å². The van der Waals surface area contributed by atoms with Crippen molar-refractivity contribution in [3.63, 3.8) is 0 Å². The monoisotopic (exact) mass is 338 g/mol. The molecule has 0 radical (unpaired) electrons. The second-order valence-electron chi connectivity index (χ2n) is 5.66. The molecule has 1 aliphatic heterocycles. The number of nitriles is 1. The van der Waals surface area contributed by atoms with E-state index in [0.29, 0.717) is 31.8 Å². The molecule has 0 saturated carbocycles. The predicted molar refractivity (Wildman–Crippen MR) is 88.5 cm³/mol. The lowest BCUT2D eigenvalue weighted by Gasteiger charge is -2.32. The standard InChI is InChI=1S/C18H18N4O3/c19-9-14-5-4-13(10-21-14)18(23)22-16-12-24-8-6-17(16)25-11-15-3-1-2-7-20-15/h1-5,7,10,16-17H,6,8,11-12H2,(H,22,23)/t16-,17-/m1/s1. The van der Waals surface area contributed by atoms with Gasteiger partial charge >= 0.3 is 0 Å². The van der Waals surface area contributed by atoms with Crippen LogP contribution in [0.15, 0.2) is 42.7 Å². The normalized spacial score (nSPS) is 19.8. The summed E-state index contributed by atoms with van der Waals surface area (Å²) in [5.41, 5.74) is 1.51. The second kappa shape index (κ2) is 8.33. The molecule has 2 atom stereocenters. The molecule has 2 aromatic heterocycles. The summed E-state index contributed by atoms with van der Waals surface area (Å²) in [6, 6.07) is 10.4. The van der Waals surface area contributed by atoms with Gasteiger partial charge in [-0.05, 0) is 30.7 Å². The lowest BCUT2D eigenvalue weighted by molar-refractivity contribution is -0.0612. The maximum atomic E-state index is 12.4. The zero-order chi connectivity index (χ0) is 17.5. The number of hydrogen-bond donors (Lipinski definition) is 1. The van der Waals surface area contributed by atoms with Crippen LogP contribution in [0.3, 0.4) is 0 Å². The molecule has 1 N–H and O–H groups in total. The van der Waals surface area contributed by atoms with Crippen LogP contribution in [0, 0.1) is 11.3 Å². The number of amides is 1. The Morgan fingerprint density at radius 2 is 2.28 bits per heavy atom. The molecule has 128 valence electrons. The lowest BCUT2D eigenvalue weighted by Crippen LogP contribution is -2.50. The third-order valence-corrected chi connectivity index (χ3v) is 3.92. The molecule has 1 amide bonds. The van der Waals surface area contributed by atoms with Gasteiger partial charge in [0.2, 0.25) is 0 Å². The fraction of sp³-hybridized carbons (Fsp3) is 0.333. The fourth-order valence-corrected chi connectivity index (χ4v) is 2.57. The highest BCUT2D eigenvalue weighted by molar-refractivity contribution is 5.94. The molecule has 7 heteroatoms. The number of nitrogens with one attached hydrogen (secondary N) is 1. The van der Waals surface area contributed by atoms with Crippen LogP contribution in [0.5, 0.6) is 0 Å². The summed E-state index contributed by atoms with van der Waals surface area (Å²) in [6.45, 7) is 1.37. The Hall–Kier alpha value is -2.82. The summed E-state index contributed by atoms with van der Waals surface area (Å²) in [7, 11) is 0. The molecule has 1 fully saturated rings. The topological polar surface area (TPSA) is 97.1 Å². The third-order valence-electron chi connectivity index (χ3n) is 3.92. The van der Waals surface area contributed by atoms with Gasteiger partial charge in [-0.25, -0.2) is 4.98 Å².